The molecule has 0 bridgehead atoms. The second-order valence-electron chi connectivity index (χ2n) is 2.82. The second kappa shape index (κ2) is 3.80. The molecule has 0 aliphatic rings. The Balaban J connectivity index is 2.35. The van der Waals surface area contributed by atoms with E-state index in [1.165, 1.54) is 0 Å². The Morgan fingerprint density at radius 1 is 1.53 bits per heavy atom. The van der Waals surface area contributed by atoms with Gasteiger partial charge in [-0.3, -0.25) is 14.2 Å². The normalized spacial score (nSPS) is 9.60. The van der Waals surface area contributed by atoms with E-state index < -0.39 is 5.97 Å². The van der Waals surface area contributed by atoms with E-state index in [2.05, 4.69) is 21.8 Å². The van der Waals surface area contributed by atoms with Crippen LogP contribution in [-0.2, 0) is 4.79 Å². The molecule has 2 aromatic heterocycles. The van der Waals surface area contributed by atoms with Crippen molar-refractivity contribution in [1.29, 1.82) is 0 Å². The number of carboxylic acid groups (broad SMARTS) is 1. The third kappa shape index (κ3) is 1.94. The lowest BCUT2D eigenvalue weighted by atomic mass is 10.4. The third-order valence-corrected chi connectivity index (χ3v) is 1.77. The highest BCUT2D eigenvalue weighted by Crippen LogP contribution is 2.02. The maximum Gasteiger partial charge on any atom is 0.315 e. The van der Waals surface area contributed by atoms with Crippen LogP contribution in [0, 0.1) is 11.8 Å². The van der Waals surface area contributed by atoms with E-state index in [-0.39, 0.29) is 6.42 Å². The molecule has 5 nitrogen and oxygen atoms in total. The molecule has 0 radical (unpaired) electrons. The van der Waals surface area contributed by atoms with Gasteiger partial charge in [-0.25, -0.2) is 4.98 Å². The molecule has 0 aliphatic carbocycles. The standard InChI is InChI=1S/C10H7N3O2/c14-10(15)3-1-2-8-6-12-9-7-11-4-5-13(8)9/h4-7H,3H2,(H,14,15). The predicted octanol–water partition coefficient (Wildman–Crippen LogP) is 0.556. The average Bonchev–Trinajstić information content (AvgIpc) is 2.62. The molecule has 0 amide bonds. The number of carbonyl (C=O) groups is 1. The van der Waals surface area contributed by atoms with Gasteiger partial charge >= 0.3 is 5.97 Å². The molecule has 15 heavy (non-hydrogen) atoms. The third-order valence-electron chi connectivity index (χ3n) is 1.77. The lowest BCUT2D eigenvalue weighted by Crippen LogP contribution is -1.91. The summed E-state index contributed by atoms with van der Waals surface area (Å²) in [4.78, 5) is 18.2. The van der Waals surface area contributed by atoms with Gasteiger partial charge < -0.3 is 5.11 Å². The Morgan fingerprint density at radius 2 is 2.40 bits per heavy atom. The Bertz CT molecular complexity index is 563. The number of aromatic nitrogens is 3. The summed E-state index contributed by atoms with van der Waals surface area (Å²) in [5, 5.41) is 8.42. The fourth-order valence-corrected chi connectivity index (χ4v) is 1.15. The molecule has 1 N–H and O–H groups in total. The minimum absolute atomic E-state index is 0.168. The van der Waals surface area contributed by atoms with Crippen molar-refractivity contribution < 1.29 is 9.90 Å². The quantitative estimate of drug-likeness (QED) is 0.684. The zero-order valence-electron chi connectivity index (χ0n) is 7.71. The summed E-state index contributed by atoms with van der Waals surface area (Å²) in [5.74, 6) is 4.36. The number of rotatable bonds is 1. The monoisotopic (exact) mass is 201 g/mol. The maximum atomic E-state index is 10.3. The van der Waals surface area contributed by atoms with Crippen molar-refractivity contribution in [3.8, 4) is 11.8 Å². The number of carboxylic acids is 1. The molecule has 2 heterocycles. The Labute approximate surface area is 85.4 Å². The molecule has 0 saturated carbocycles. The van der Waals surface area contributed by atoms with Gasteiger partial charge in [0.2, 0.25) is 0 Å². The van der Waals surface area contributed by atoms with Crippen molar-refractivity contribution in [1.82, 2.24) is 14.4 Å². The molecule has 0 saturated heterocycles. The van der Waals surface area contributed by atoms with Crippen molar-refractivity contribution >= 4 is 11.6 Å². The van der Waals surface area contributed by atoms with E-state index in [4.69, 9.17) is 5.11 Å². The van der Waals surface area contributed by atoms with Crippen LogP contribution in [0.2, 0.25) is 0 Å². The van der Waals surface area contributed by atoms with Crippen LogP contribution >= 0.6 is 0 Å². The second-order valence-corrected chi connectivity index (χ2v) is 2.82. The summed E-state index contributed by atoms with van der Waals surface area (Å²) in [6.45, 7) is 0. The number of imidazole rings is 1. The molecule has 2 aromatic rings. The van der Waals surface area contributed by atoms with Gasteiger partial charge in [0.1, 0.15) is 12.1 Å². The average molecular weight is 201 g/mol. The van der Waals surface area contributed by atoms with Gasteiger partial charge in [0.15, 0.2) is 5.65 Å². The summed E-state index contributed by atoms with van der Waals surface area (Å²) in [6, 6.07) is 0. The summed E-state index contributed by atoms with van der Waals surface area (Å²) >= 11 is 0. The van der Waals surface area contributed by atoms with Crippen LogP contribution in [0.4, 0.5) is 0 Å². The SMILES string of the molecule is O=C(O)CC#Cc1cnc2cnccn12. The molecule has 0 aromatic carbocycles. The fourth-order valence-electron chi connectivity index (χ4n) is 1.15. The van der Waals surface area contributed by atoms with Crippen LogP contribution in [-0.4, -0.2) is 25.4 Å². The number of hydrogen-bond donors (Lipinski definition) is 1. The first-order valence-electron chi connectivity index (χ1n) is 4.25. The lowest BCUT2D eigenvalue weighted by Gasteiger charge is -1.91. The van der Waals surface area contributed by atoms with Crippen molar-refractivity contribution in [2.24, 2.45) is 0 Å². The minimum Gasteiger partial charge on any atom is -0.481 e. The Morgan fingerprint density at radius 3 is 3.20 bits per heavy atom. The molecular weight excluding hydrogens is 194 g/mol. The van der Waals surface area contributed by atoms with E-state index in [9.17, 15) is 4.79 Å². The first-order valence-corrected chi connectivity index (χ1v) is 4.25. The van der Waals surface area contributed by atoms with Gasteiger partial charge in [-0.05, 0) is 5.92 Å². The highest BCUT2D eigenvalue weighted by molar-refractivity contribution is 5.70. The van der Waals surface area contributed by atoms with Crippen LogP contribution < -0.4 is 0 Å². The zero-order valence-corrected chi connectivity index (χ0v) is 7.71. The molecule has 0 spiro atoms. The number of fused-ring (bicyclic) bond motifs is 1. The van der Waals surface area contributed by atoms with E-state index in [1.54, 1.807) is 29.2 Å². The van der Waals surface area contributed by atoms with Gasteiger partial charge in [-0.1, -0.05) is 5.92 Å². The molecule has 74 valence electrons. The predicted molar refractivity (Wildman–Crippen MR) is 52.1 cm³/mol. The van der Waals surface area contributed by atoms with E-state index in [1.807, 2.05) is 0 Å². The lowest BCUT2D eigenvalue weighted by molar-refractivity contribution is -0.135. The van der Waals surface area contributed by atoms with Crippen molar-refractivity contribution in [2.45, 2.75) is 6.42 Å². The maximum absolute atomic E-state index is 10.3. The Hall–Kier alpha value is -2.35. The van der Waals surface area contributed by atoms with Crippen LogP contribution in [0.3, 0.4) is 0 Å². The molecule has 0 unspecified atom stereocenters. The van der Waals surface area contributed by atoms with Crippen molar-refractivity contribution in [2.75, 3.05) is 0 Å². The summed E-state index contributed by atoms with van der Waals surface area (Å²) in [6.07, 6.45) is 6.39. The Kier molecular flexibility index (Phi) is 2.33. The summed E-state index contributed by atoms with van der Waals surface area (Å²) in [7, 11) is 0. The van der Waals surface area contributed by atoms with Crippen LogP contribution in [0.25, 0.3) is 5.65 Å². The van der Waals surface area contributed by atoms with Crippen molar-refractivity contribution in [3.63, 3.8) is 0 Å². The van der Waals surface area contributed by atoms with Gasteiger partial charge in [-0.2, -0.15) is 0 Å². The van der Waals surface area contributed by atoms with Crippen LogP contribution in [0.5, 0.6) is 0 Å². The number of aliphatic carboxylic acids is 1. The highest BCUT2D eigenvalue weighted by atomic mass is 16.4. The molecular formula is C10H7N3O2. The first-order chi connectivity index (χ1) is 7.27. The highest BCUT2D eigenvalue weighted by Gasteiger charge is 1.98. The van der Waals surface area contributed by atoms with E-state index >= 15 is 0 Å². The molecule has 0 fully saturated rings. The van der Waals surface area contributed by atoms with Crippen LogP contribution in [0.15, 0.2) is 24.8 Å². The summed E-state index contributed by atoms with van der Waals surface area (Å²) < 4.78 is 1.75. The molecule has 2 rings (SSSR count). The zero-order chi connectivity index (χ0) is 10.7. The van der Waals surface area contributed by atoms with E-state index in [0.717, 1.165) is 0 Å². The topological polar surface area (TPSA) is 67.5 Å². The van der Waals surface area contributed by atoms with Gasteiger partial charge in [-0.15, -0.1) is 0 Å². The fraction of sp³-hybridized carbons (Fsp3) is 0.100. The van der Waals surface area contributed by atoms with Crippen LogP contribution in [0.1, 0.15) is 12.1 Å². The van der Waals surface area contributed by atoms with Gasteiger partial charge in [0.25, 0.3) is 0 Å². The van der Waals surface area contributed by atoms with E-state index in [0.29, 0.717) is 11.3 Å². The smallest absolute Gasteiger partial charge is 0.315 e. The molecule has 0 aliphatic heterocycles. The van der Waals surface area contributed by atoms with Crippen molar-refractivity contribution in [3.05, 3.63) is 30.5 Å². The molecule has 0 atom stereocenters. The van der Waals surface area contributed by atoms with Gasteiger partial charge in [0, 0.05) is 12.4 Å². The number of nitrogens with zero attached hydrogens (tertiary/aromatic N) is 3. The minimum atomic E-state index is -0.932. The first kappa shape index (κ1) is 9.21. The molecule has 5 heteroatoms. The van der Waals surface area contributed by atoms with Gasteiger partial charge in [0.05, 0.1) is 12.4 Å². The number of hydrogen-bond acceptors (Lipinski definition) is 3. The summed E-state index contributed by atoms with van der Waals surface area (Å²) in [5.41, 5.74) is 1.35. The largest absolute Gasteiger partial charge is 0.481 e.